The van der Waals surface area contributed by atoms with E-state index in [1.165, 1.54) is 6.33 Å². The van der Waals surface area contributed by atoms with Gasteiger partial charge in [0.05, 0.1) is 21.1 Å². The average Bonchev–Trinajstić information content (AvgIpc) is 3.11. The molecule has 0 amide bonds. The van der Waals surface area contributed by atoms with Crippen molar-refractivity contribution in [1.82, 2.24) is 15.0 Å². The molecule has 0 saturated heterocycles. The number of aromatic nitrogens is 3. The number of nitrogens with zero attached hydrogens (tertiary/aromatic N) is 3. The van der Waals surface area contributed by atoms with E-state index in [4.69, 9.17) is 4.78 Å². The number of benzene rings is 1. The van der Waals surface area contributed by atoms with Crippen LogP contribution < -0.4 is 5.32 Å². The van der Waals surface area contributed by atoms with Crippen LogP contribution in [0.15, 0.2) is 46.9 Å². The van der Waals surface area contributed by atoms with Gasteiger partial charge in [0.25, 0.3) is 0 Å². The van der Waals surface area contributed by atoms with Crippen molar-refractivity contribution in [3.63, 3.8) is 0 Å². The van der Waals surface area contributed by atoms with E-state index in [1.807, 2.05) is 18.2 Å². The van der Waals surface area contributed by atoms with Crippen LogP contribution in [0.4, 0.5) is 5.82 Å². The van der Waals surface area contributed by atoms with Gasteiger partial charge in [-0.25, -0.2) is 23.9 Å². The minimum absolute atomic E-state index is 0.384. The van der Waals surface area contributed by atoms with Gasteiger partial charge in [0, 0.05) is 29.7 Å². The van der Waals surface area contributed by atoms with Gasteiger partial charge in [-0.15, -0.1) is 11.3 Å². The second kappa shape index (κ2) is 7.13. The lowest BCUT2D eigenvalue weighted by molar-refractivity contribution is 0.660. The van der Waals surface area contributed by atoms with Gasteiger partial charge in [-0.1, -0.05) is 30.3 Å². The van der Waals surface area contributed by atoms with Crippen molar-refractivity contribution < 1.29 is 4.21 Å². The summed E-state index contributed by atoms with van der Waals surface area (Å²) < 4.78 is 20.7. The summed E-state index contributed by atoms with van der Waals surface area (Å²) in [7, 11) is -2.80. The molecule has 1 aliphatic rings. The Morgan fingerprint density at radius 3 is 2.92 bits per heavy atom. The minimum Gasteiger partial charge on any atom is -0.369 e. The molecule has 0 radical (unpaired) electrons. The first kappa shape index (κ1) is 17.1. The zero-order valence-electron chi connectivity index (χ0n) is 14.1. The summed E-state index contributed by atoms with van der Waals surface area (Å²) in [5.41, 5.74) is 2.88. The van der Waals surface area contributed by atoms with Crippen LogP contribution in [0, 0.1) is 4.78 Å². The molecule has 0 saturated carbocycles. The Morgan fingerprint density at radius 2 is 2.08 bits per heavy atom. The van der Waals surface area contributed by atoms with Crippen molar-refractivity contribution in [2.45, 2.75) is 24.2 Å². The highest BCUT2D eigenvalue weighted by molar-refractivity contribution is 7.92. The van der Waals surface area contributed by atoms with E-state index in [0.29, 0.717) is 23.0 Å². The van der Waals surface area contributed by atoms with Gasteiger partial charge >= 0.3 is 0 Å². The van der Waals surface area contributed by atoms with Crippen molar-refractivity contribution in [3.05, 3.63) is 53.4 Å². The van der Waals surface area contributed by atoms with Gasteiger partial charge in [0.2, 0.25) is 0 Å². The molecule has 0 bridgehead atoms. The molecule has 0 spiro atoms. The number of hydrogen-bond donors (Lipinski definition) is 2. The number of anilines is 1. The Bertz CT molecular complexity index is 1020. The van der Waals surface area contributed by atoms with Crippen LogP contribution in [0.5, 0.6) is 0 Å². The summed E-state index contributed by atoms with van der Waals surface area (Å²) in [6.07, 6.45) is 3.72. The van der Waals surface area contributed by atoms with Gasteiger partial charge in [0.1, 0.15) is 22.0 Å². The molecule has 2 aromatic heterocycles. The first-order valence-corrected chi connectivity index (χ1v) is 11.1. The fourth-order valence-corrected chi connectivity index (χ4v) is 5.64. The molecular formula is C18H19N5OS2. The third-order valence-electron chi connectivity index (χ3n) is 4.30. The molecule has 0 aliphatic carbocycles. The van der Waals surface area contributed by atoms with E-state index in [1.54, 1.807) is 11.3 Å². The maximum absolute atomic E-state index is 12.6. The Labute approximate surface area is 156 Å². The predicted molar refractivity (Wildman–Crippen MR) is 104 cm³/mol. The lowest BCUT2D eigenvalue weighted by Crippen LogP contribution is -2.20. The second-order valence-electron chi connectivity index (χ2n) is 6.17. The zero-order valence-corrected chi connectivity index (χ0v) is 15.8. The van der Waals surface area contributed by atoms with Crippen LogP contribution in [-0.4, -0.2) is 31.5 Å². The highest BCUT2D eigenvalue weighted by Gasteiger charge is 2.25. The third-order valence-corrected chi connectivity index (χ3v) is 7.19. The van der Waals surface area contributed by atoms with E-state index in [-0.39, 0.29) is 0 Å². The average molecular weight is 386 g/mol. The molecule has 4 rings (SSSR count). The second-order valence-corrected chi connectivity index (χ2v) is 9.19. The van der Waals surface area contributed by atoms with Crippen LogP contribution in [-0.2, 0) is 22.6 Å². The van der Waals surface area contributed by atoms with E-state index in [9.17, 15) is 4.21 Å². The molecular weight excluding hydrogens is 366 g/mol. The lowest BCUT2D eigenvalue weighted by Gasteiger charge is -2.20. The molecule has 3 heterocycles. The van der Waals surface area contributed by atoms with Gasteiger partial charge in [-0.3, -0.25) is 0 Å². The number of thiazole rings is 1. The molecule has 6 nitrogen and oxygen atoms in total. The van der Waals surface area contributed by atoms with Crippen LogP contribution in [0.3, 0.4) is 0 Å². The Morgan fingerprint density at radius 1 is 1.23 bits per heavy atom. The molecule has 8 heteroatoms. The standard InChI is InChI=1S/C18H19N5OS2/c19-26(24)10-4-7-15-16(26)17(22-12-21-15)20-9-8-14-11-25-18(23-14)13-5-2-1-3-6-13/h1-3,5-6,11-12,19H,4,7-10H2,(H,20,21,22). The summed E-state index contributed by atoms with van der Waals surface area (Å²) in [6.45, 7) is 0.622. The molecule has 1 unspecified atom stereocenters. The first-order valence-electron chi connectivity index (χ1n) is 8.47. The monoisotopic (exact) mass is 385 g/mol. The molecule has 0 fully saturated rings. The van der Waals surface area contributed by atoms with E-state index in [2.05, 4.69) is 37.8 Å². The SMILES string of the molecule is N=S1(=O)CCCc2ncnc(NCCc3csc(-c4ccccc4)n3)c21. The highest BCUT2D eigenvalue weighted by Crippen LogP contribution is 2.29. The summed E-state index contributed by atoms with van der Waals surface area (Å²) in [5, 5.41) is 6.31. The van der Waals surface area contributed by atoms with E-state index < -0.39 is 9.73 Å². The van der Waals surface area contributed by atoms with Gasteiger partial charge < -0.3 is 5.32 Å². The van der Waals surface area contributed by atoms with Gasteiger partial charge in [-0.05, 0) is 12.8 Å². The fraction of sp³-hybridized carbons (Fsp3) is 0.278. The highest BCUT2D eigenvalue weighted by atomic mass is 32.2. The molecule has 2 N–H and O–H groups in total. The quantitative estimate of drug-likeness (QED) is 0.700. The number of rotatable bonds is 5. The van der Waals surface area contributed by atoms with Crippen LogP contribution in [0.1, 0.15) is 17.8 Å². The van der Waals surface area contributed by atoms with Crippen LogP contribution in [0.25, 0.3) is 10.6 Å². The number of nitrogens with one attached hydrogen (secondary N) is 2. The lowest BCUT2D eigenvalue weighted by atomic mass is 10.2. The molecule has 134 valence electrons. The Hall–Kier alpha value is -2.32. The summed E-state index contributed by atoms with van der Waals surface area (Å²) in [6, 6.07) is 10.1. The topological polar surface area (TPSA) is 91.6 Å². The van der Waals surface area contributed by atoms with Crippen molar-refractivity contribution in [2.24, 2.45) is 0 Å². The maximum atomic E-state index is 12.6. The van der Waals surface area contributed by atoms with Crippen molar-refractivity contribution in [3.8, 4) is 10.6 Å². The summed E-state index contributed by atoms with van der Waals surface area (Å²) in [4.78, 5) is 13.6. The summed E-state index contributed by atoms with van der Waals surface area (Å²) >= 11 is 1.63. The third kappa shape index (κ3) is 3.47. The van der Waals surface area contributed by atoms with E-state index >= 15 is 0 Å². The van der Waals surface area contributed by atoms with Gasteiger partial charge in [-0.2, -0.15) is 0 Å². The molecule has 1 aromatic carbocycles. The normalized spacial score (nSPS) is 19.1. The summed E-state index contributed by atoms with van der Waals surface area (Å²) in [5.74, 6) is 0.919. The van der Waals surface area contributed by atoms with Crippen molar-refractivity contribution in [1.29, 1.82) is 4.78 Å². The number of fused-ring (bicyclic) bond motifs is 1. The molecule has 26 heavy (non-hydrogen) atoms. The van der Waals surface area contributed by atoms with E-state index in [0.717, 1.165) is 41.2 Å². The maximum Gasteiger partial charge on any atom is 0.146 e. The van der Waals surface area contributed by atoms with Crippen LogP contribution >= 0.6 is 11.3 Å². The smallest absolute Gasteiger partial charge is 0.146 e. The molecule has 1 atom stereocenters. The largest absolute Gasteiger partial charge is 0.369 e. The molecule has 1 aliphatic heterocycles. The van der Waals surface area contributed by atoms with Gasteiger partial charge in [0.15, 0.2) is 0 Å². The van der Waals surface area contributed by atoms with Crippen LogP contribution in [0.2, 0.25) is 0 Å². The fourth-order valence-electron chi connectivity index (χ4n) is 3.05. The van der Waals surface area contributed by atoms with Crippen molar-refractivity contribution >= 4 is 26.9 Å². The number of hydrogen-bond acceptors (Lipinski definition) is 7. The predicted octanol–water partition coefficient (Wildman–Crippen LogP) is 3.61. The Kier molecular flexibility index (Phi) is 4.69. The molecule has 3 aromatic rings. The first-order chi connectivity index (χ1) is 12.6. The minimum atomic E-state index is -2.80. The zero-order chi connectivity index (χ0) is 18.0. The van der Waals surface area contributed by atoms with Crippen molar-refractivity contribution in [2.75, 3.05) is 17.6 Å². The Balaban J connectivity index is 1.46. The number of aryl methyl sites for hydroxylation is 1.